The van der Waals surface area contributed by atoms with Crippen molar-refractivity contribution in [1.82, 2.24) is 9.55 Å². The molecule has 1 N–H and O–H groups in total. The van der Waals surface area contributed by atoms with Gasteiger partial charge in [-0.3, -0.25) is 0 Å². The number of fused-ring (bicyclic) bond motifs is 1. The third-order valence-electron chi connectivity index (χ3n) is 3.74. The molecule has 0 saturated carbocycles. The van der Waals surface area contributed by atoms with Crippen LogP contribution in [-0.4, -0.2) is 20.6 Å². The van der Waals surface area contributed by atoms with E-state index in [-0.39, 0.29) is 0 Å². The Labute approximate surface area is 125 Å². The molecule has 4 heteroatoms. The lowest BCUT2D eigenvalue weighted by Gasteiger charge is -2.19. The Morgan fingerprint density at radius 3 is 2.62 bits per heavy atom. The van der Waals surface area contributed by atoms with E-state index < -0.39 is 5.97 Å². The minimum Gasteiger partial charge on any atom is -0.478 e. The smallest absolute Gasteiger partial charge is 0.335 e. The molecule has 1 aromatic heterocycles. The monoisotopic (exact) mass is 288 g/mol. The lowest BCUT2D eigenvalue weighted by Crippen LogP contribution is -2.11. The fraction of sp³-hybridized carbons (Fsp3) is 0.529. The molecule has 21 heavy (non-hydrogen) atoms. The molecule has 114 valence electrons. The molecule has 1 aromatic carbocycles. The van der Waals surface area contributed by atoms with E-state index in [2.05, 4.69) is 37.2 Å². The number of nitrogens with zero attached hydrogens (tertiary/aromatic N) is 2. The van der Waals surface area contributed by atoms with Crippen LogP contribution in [0.15, 0.2) is 18.2 Å². The molecule has 0 radical (unpaired) electrons. The van der Waals surface area contributed by atoms with Crippen LogP contribution in [0.2, 0.25) is 0 Å². The van der Waals surface area contributed by atoms with Gasteiger partial charge < -0.3 is 9.67 Å². The SMILES string of the molecule is CCCc1nc2cc(C(=O)O)ccc2n1C(C)CC(C)C. The number of carboxylic acid groups (broad SMARTS) is 1. The second-order valence-electron chi connectivity index (χ2n) is 6.14. The molecule has 1 heterocycles. The lowest BCUT2D eigenvalue weighted by molar-refractivity contribution is 0.0697. The molecule has 0 saturated heterocycles. The third kappa shape index (κ3) is 3.26. The van der Waals surface area contributed by atoms with Gasteiger partial charge in [0.05, 0.1) is 16.6 Å². The van der Waals surface area contributed by atoms with Crippen molar-refractivity contribution in [2.45, 2.75) is 53.0 Å². The van der Waals surface area contributed by atoms with Gasteiger partial charge in [0.15, 0.2) is 0 Å². The predicted molar refractivity (Wildman–Crippen MR) is 84.9 cm³/mol. The number of imidazole rings is 1. The molecule has 4 nitrogen and oxygen atoms in total. The summed E-state index contributed by atoms with van der Waals surface area (Å²) in [4.78, 5) is 15.8. The van der Waals surface area contributed by atoms with Crippen LogP contribution in [0, 0.1) is 5.92 Å². The van der Waals surface area contributed by atoms with Crippen LogP contribution in [-0.2, 0) is 6.42 Å². The minimum atomic E-state index is -0.904. The zero-order valence-electron chi connectivity index (χ0n) is 13.3. The van der Waals surface area contributed by atoms with Crippen LogP contribution in [0.4, 0.5) is 0 Å². The molecule has 2 aromatic rings. The highest BCUT2D eigenvalue weighted by atomic mass is 16.4. The van der Waals surface area contributed by atoms with Gasteiger partial charge in [-0.1, -0.05) is 20.8 Å². The number of hydrogen-bond acceptors (Lipinski definition) is 2. The fourth-order valence-electron chi connectivity index (χ4n) is 2.96. The molecule has 0 spiro atoms. The Morgan fingerprint density at radius 2 is 2.05 bits per heavy atom. The molecular weight excluding hydrogens is 264 g/mol. The first-order valence-electron chi connectivity index (χ1n) is 7.68. The Morgan fingerprint density at radius 1 is 1.33 bits per heavy atom. The van der Waals surface area contributed by atoms with Gasteiger partial charge in [-0.25, -0.2) is 9.78 Å². The normalized spacial score (nSPS) is 13.0. The van der Waals surface area contributed by atoms with E-state index in [1.165, 1.54) is 0 Å². The second-order valence-corrected chi connectivity index (χ2v) is 6.14. The van der Waals surface area contributed by atoms with E-state index in [9.17, 15) is 4.79 Å². The van der Waals surface area contributed by atoms with E-state index >= 15 is 0 Å². The molecule has 1 unspecified atom stereocenters. The maximum Gasteiger partial charge on any atom is 0.335 e. The molecular formula is C17H24N2O2. The number of aryl methyl sites for hydroxylation is 1. The van der Waals surface area contributed by atoms with Crippen LogP contribution in [0.1, 0.15) is 62.8 Å². The largest absolute Gasteiger partial charge is 0.478 e. The maximum absolute atomic E-state index is 11.1. The van der Waals surface area contributed by atoms with Gasteiger partial charge >= 0.3 is 5.97 Å². The van der Waals surface area contributed by atoms with E-state index in [4.69, 9.17) is 5.11 Å². The van der Waals surface area contributed by atoms with Crippen molar-refractivity contribution in [2.24, 2.45) is 5.92 Å². The average molecular weight is 288 g/mol. The van der Waals surface area contributed by atoms with Gasteiger partial charge in [-0.2, -0.15) is 0 Å². The molecule has 0 aliphatic heterocycles. The number of rotatable bonds is 6. The van der Waals surface area contributed by atoms with Crippen molar-refractivity contribution in [1.29, 1.82) is 0 Å². The van der Waals surface area contributed by atoms with Crippen molar-refractivity contribution in [3.8, 4) is 0 Å². The fourth-order valence-corrected chi connectivity index (χ4v) is 2.96. The number of carboxylic acids is 1. The lowest BCUT2D eigenvalue weighted by atomic mass is 10.0. The van der Waals surface area contributed by atoms with Gasteiger partial charge in [0, 0.05) is 12.5 Å². The molecule has 0 aliphatic carbocycles. The van der Waals surface area contributed by atoms with E-state index in [1.807, 2.05) is 6.07 Å². The molecule has 0 bridgehead atoms. The van der Waals surface area contributed by atoms with Gasteiger partial charge in [-0.15, -0.1) is 0 Å². The van der Waals surface area contributed by atoms with Crippen molar-refractivity contribution in [3.05, 3.63) is 29.6 Å². The number of aromatic nitrogens is 2. The van der Waals surface area contributed by atoms with Crippen molar-refractivity contribution < 1.29 is 9.90 Å². The van der Waals surface area contributed by atoms with E-state index in [0.717, 1.165) is 36.1 Å². The highest BCUT2D eigenvalue weighted by Crippen LogP contribution is 2.27. The first-order valence-corrected chi connectivity index (χ1v) is 7.68. The predicted octanol–water partition coefficient (Wildman–Crippen LogP) is 4.29. The van der Waals surface area contributed by atoms with Crippen molar-refractivity contribution in [2.75, 3.05) is 0 Å². The molecule has 1 atom stereocenters. The third-order valence-corrected chi connectivity index (χ3v) is 3.74. The summed E-state index contributed by atoms with van der Waals surface area (Å²) in [6.45, 7) is 8.79. The zero-order chi connectivity index (χ0) is 15.6. The first-order chi connectivity index (χ1) is 9.93. The Bertz CT molecular complexity index is 644. The van der Waals surface area contributed by atoms with Gasteiger partial charge in [-0.05, 0) is 43.9 Å². The molecule has 0 aliphatic rings. The summed E-state index contributed by atoms with van der Waals surface area (Å²) < 4.78 is 2.28. The van der Waals surface area contributed by atoms with Gasteiger partial charge in [0.25, 0.3) is 0 Å². The number of carbonyl (C=O) groups is 1. The molecule has 2 rings (SSSR count). The van der Waals surface area contributed by atoms with Gasteiger partial charge in [0.1, 0.15) is 5.82 Å². The van der Waals surface area contributed by atoms with Crippen LogP contribution in [0.3, 0.4) is 0 Å². The summed E-state index contributed by atoms with van der Waals surface area (Å²) >= 11 is 0. The minimum absolute atomic E-state index is 0.298. The number of benzene rings is 1. The zero-order valence-corrected chi connectivity index (χ0v) is 13.3. The number of hydrogen-bond donors (Lipinski definition) is 1. The average Bonchev–Trinajstić information content (AvgIpc) is 2.75. The quantitative estimate of drug-likeness (QED) is 0.862. The van der Waals surface area contributed by atoms with Crippen molar-refractivity contribution >= 4 is 17.0 Å². The van der Waals surface area contributed by atoms with Crippen LogP contribution in [0.5, 0.6) is 0 Å². The van der Waals surface area contributed by atoms with Gasteiger partial charge in [0.2, 0.25) is 0 Å². The van der Waals surface area contributed by atoms with Crippen LogP contribution < -0.4 is 0 Å². The highest BCUT2D eigenvalue weighted by molar-refractivity contribution is 5.92. The Balaban J connectivity index is 2.54. The summed E-state index contributed by atoms with van der Waals surface area (Å²) in [7, 11) is 0. The Hall–Kier alpha value is -1.84. The first kappa shape index (κ1) is 15.5. The standard InChI is InChI=1S/C17H24N2O2/c1-5-6-16-18-14-10-13(17(20)21)7-8-15(14)19(16)12(4)9-11(2)3/h7-8,10-12H,5-6,9H2,1-4H3,(H,20,21). The van der Waals surface area contributed by atoms with E-state index in [0.29, 0.717) is 17.5 Å². The molecule has 0 amide bonds. The second kappa shape index (κ2) is 6.29. The number of aromatic carboxylic acids is 1. The maximum atomic E-state index is 11.1. The Kier molecular flexibility index (Phi) is 4.66. The summed E-state index contributed by atoms with van der Waals surface area (Å²) in [5, 5.41) is 9.12. The topological polar surface area (TPSA) is 55.1 Å². The summed E-state index contributed by atoms with van der Waals surface area (Å²) in [5.41, 5.74) is 2.12. The summed E-state index contributed by atoms with van der Waals surface area (Å²) in [5.74, 6) is 0.770. The summed E-state index contributed by atoms with van der Waals surface area (Å²) in [6, 6.07) is 5.60. The highest BCUT2D eigenvalue weighted by Gasteiger charge is 2.17. The van der Waals surface area contributed by atoms with E-state index in [1.54, 1.807) is 12.1 Å². The molecule has 0 fully saturated rings. The summed E-state index contributed by atoms with van der Waals surface area (Å²) in [6.07, 6.45) is 3.03. The van der Waals surface area contributed by atoms with Crippen molar-refractivity contribution in [3.63, 3.8) is 0 Å². The van der Waals surface area contributed by atoms with Crippen LogP contribution >= 0.6 is 0 Å². The van der Waals surface area contributed by atoms with Crippen LogP contribution in [0.25, 0.3) is 11.0 Å².